The molecule has 1 aliphatic rings. The third-order valence-electron chi connectivity index (χ3n) is 2.98. The second-order valence-electron chi connectivity index (χ2n) is 4.46. The highest BCUT2D eigenvalue weighted by Gasteiger charge is 2.19. The minimum Gasteiger partial charge on any atom is -0.309 e. The number of nitrogens with one attached hydrogen (secondary N) is 1. The highest BCUT2D eigenvalue weighted by atomic mass is 35.5. The largest absolute Gasteiger partial charge is 0.309 e. The molecule has 0 spiro atoms. The second-order valence-corrected chi connectivity index (χ2v) is 5.07. The summed E-state index contributed by atoms with van der Waals surface area (Å²) in [6, 6.07) is 0. The summed E-state index contributed by atoms with van der Waals surface area (Å²) < 4.78 is 0. The molecule has 0 aliphatic heterocycles. The predicted molar refractivity (Wildman–Crippen MR) is 62.1 cm³/mol. The number of hydrogen-bond donors (Lipinski definition) is 1. The first-order chi connectivity index (χ1) is 7.74. The fourth-order valence-corrected chi connectivity index (χ4v) is 2.60. The Morgan fingerprint density at radius 2 is 2.38 bits per heavy atom. The predicted octanol–water partition coefficient (Wildman–Crippen LogP) is 1.10. The van der Waals surface area contributed by atoms with E-state index < -0.39 is 0 Å². The van der Waals surface area contributed by atoms with Crippen LogP contribution in [0.4, 0.5) is 0 Å². The van der Waals surface area contributed by atoms with E-state index in [2.05, 4.69) is 20.7 Å². The Kier molecular flexibility index (Phi) is 4.12. The molecule has 1 aromatic heterocycles. The summed E-state index contributed by atoms with van der Waals surface area (Å²) in [6.45, 7) is 1.69. The zero-order chi connectivity index (χ0) is 11.4. The maximum absolute atomic E-state index is 6.14. The van der Waals surface area contributed by atoms with Gasteiger partial charge in [0.05, 0.1) is 13.6 Å². The minimum absolute atomic E-state index is 0.371. The maximum atomic E-state index is 6.14. The molecule has 5 nitrogen and oxygen atoms in total. The number of alkyl halides is 1. The van der Waals surface area contributed by atoms with E-state index in [9.17, 15) is 0 Å². The summed E-state index contributed by atoms with van der Waals surface area (Å²) in [7, 11) is 1.77. The highest BCUT2D eigenvalue weighted by molar-refractivity contribution is 6.20. The number of tetrazole rings is 1. The van der Waals surface area contributed by atoms with Crippen LogP contribution in [0, 0.1) is 5.92 Å². The van der Waals surface area contributed by atoms with E-state index in [1.807, 2.05) is 0 Å². The molecule has 0 bridgehead atoms. The first-order valence-electron chi connectivity index (χ1n) is 5.81. The van der Waals surface area contributed by atoms with E-state index >= 15 is 0 Å². The van der Waals surface area contributed by atoms with E-state index in [1.165, 1.54) is 24.1 Å². The summed E-state index contributed by atoms with van der Waals surface area (Å²) in [5.41, 5.74) is 0. The molecule has 6 heteroatoms. The Labute approximate surface area is 101 Å². The molecule has 0 radical (unpaired) electrons. The zero-order valence-electron chi connectivity index (χ0n) is 9.56. The van der Waals surface area contributed by atoms with Crippen molar-refractivity contribution in [3.63, 3.8) is 0 Å². The third-order valence-corrected chi connectivity index (χ3v) is 3.38. The lowest BCUT2D eigenvalue weighted by Crippen LogP contribution is -2.27. The van der Waals surface area contributed by atoms with Crippen molar-refractivity contribution in [3.8, 4) is 0 Å². The highest BCUT2D eigenvalue weighted by Crippen LogP contribution is 2.27. The molecule has 1 fully saturated rings. The van der Waals surface area contributed by atoms with Crippen LogP contribution in [0.1, 0.15) is 31.5 Å². The lowest BCUT2D eigenvalue weighted by Gasteiger charge is -2.25. The second kappa shape index (κ2) is 5.59. The minimum atomic E-state index is 0.371. The van der Waals surface area contributed by atoms with E-state index in [0.29, 0.717) is 17.8 Å². The van der Waals surface area contributed by atoms with E-state index in [4.69, 9.17) is 11.6 Å². The Hall–Kier alpha value is -0.680. The molecule has 1 N–H and O–H groups in total. The van der Waals surface area contributed by atoms with Gasteiger partial charge in [-0.15, -0.1) is 21.8 Å². The van der Waals surface area contributed by atoms with Gasteiger partial charge in [-0.2, -0.15) is 4.80 Å². The van der Waals surface area contributed by atoms with Crippen LogP contribution in [-0.2, 0) is 13.6 Å². The van der Waals surface area contributed by atoms with Gasteiger partial charge < -0.3 is 5.32 Å². The van der Waals surface area contributed by atoms with Crippen molar-refractivity contribution < 1.29 is 0 Å². The summed E-state index contributed by atoms with van der Waals surface area (Å²) in [6.07, 6.45) is 4.83. The molecule has 2 rings (SSSR count). The molecule has 16 heavy (non-hydrogen) atoms. The zero-order valence-corrected chi connectivity index (χ0v) is 10.3. The molecule has 0 amide bonds. The van der Waals surface area contributed by atoms with E-state index in [-0.39, 0.29) is 0 Å². The summed E-state index contributed by atoms with van der Waals surface area (Å²) >= 11 is 6.14. The molecule has 1 saturated carbocycles. The van der Waals surface area contributed by atoms with E-state index in [1.54, 1.807) is 7.05 Å². The van der Waals surface area contributed by atoms with Crippen molar-refractivity contribution in [3.05, 3.63) is 5.82 Å². The van der Waals surface area contributed by atoms with Crippen molar-refractivity contribution in [1.29, 1.82) is 0 Å². The first-order valence-corrected chi connectivity index (χ1v) is 6.25. The fraction of sp³-hybridized carbons (Fsp3) is 0.900. The van der Waals surface area contributed by atoms with Gasteiger partial charge in [-0.05, 0) is 36.9 Å². The van der Waals surface area contributed by atoms with E-state index in [0.717, 1.165) is 18.8 Å². The molecular weight excluding hydrogens is 226 g/mol. The summed E-state index contributed by atoms with van der Waals surface area (Å²) in [4.78, 5) is 1.48. The molecule has 2 atom stereocenters. The Bertz CT molecular complexity index is 327. The van der Waals surface area contributed by atoms with Crippen molar-refractivity contribution in [2.75, 3.05) is 6.54 Å². The van der Waals surface area contributed by atoms with Crippen molar-refractivity contribution in [1.82, 2.24) is 25.5 Å². The van der Waals surface area contributed by atoms with Crippen LogP contribution in [0.3, 0.4) is 0 Å². The molecule has 1 heterocycles. The molecule has 0 saturated heterocycles. The first kappa shape index (κ1) is 11.8. The van der Waals surface area contributed by atoms with Gasteiger partial charge in [0.15, 0.2) is 5.82 Å². The number of rotatable bonds is 4. The molecular formula is C10H18ClN5. The summed E-state index contributed by atoms with van der Waals surface area (Å²) in [5.74, 6) is 1.45. The number of nitrogens with zero attached hydrogens (tertiary/aromatic N) is 4. The van der Waals surface area contributed by atoms with Gasteiger partial charge in [0.1, 0.15) is 0 Å². The molecule has 0 aromatic carbocycles. The van der Waals surface area contributed by atoms with Crippen LogP contribution in [0.15, 0.2) is 0 Å². The smallest absolute Gasteiger partial charge is 0.188 e. The van der Waals surface area contributed by atoms with Gasteiger partial charge >= 0.3 is 0 Å². The molecule has 90 valence electrons. The number of aryl methyl sites for hydroxylation is 1. The van der Waals surface area contributed by atoms with Gasteiger partial charge in [-0.1, -0.05) is 6.42 Å². The van der Waals surface area contributed by atoms with Crippen LogP contribution in [0.5, 0.6) is 0 Å². The average molecular weight is 244 g/mol. The monoisotopic (exact) mass is 243 g/mol. The Morgan fingerprint density at radius 1 is 1.50 bits per heavy atom. The van der Waals surface area contributed by atoms with Crippen molar-refractivity contribution in [2.24, 2.45) is 13.0 Å². The SMILES string of the molecule is Cn1nnc(CNCC2CCCC(Cl)C2)n1. The van der Waals surface area contributed by atoms with Gasteiger partial charge in [0, 0.05) is 5.38 Å². The number of halogens is 1. The maximum Gasteiger partial charge on any atom is 0.188 e. The van der Waals surface area contributed by atoms with Gasteiger partial charge in [-0.3, -0.25) is 0 Å². The van der Waals surface area contributed by atoms with Gasteiger partial charge in [0.25, 0.3) is 0 Å². The van der Waals surface area contributed by atoms with Crippen LogP contribution >= 0.6 is 11.6 Å². The average Bonchev–Trinajstić information content (AvgIpc) is 2.64. The number of hydrogen-bond acceptors (Lipinski definition) is 4. The molecule has 2 unspecified atom stereocenters. The molecule has 1 aliphatic carbocycles. The third kappa shape index (κ3) is 3.42. The van der Waals surface area contributed by atoms with Crippen molar-refractivity contribution >= 4 is 11.6 Å². The Balaban J connectivity index is 1.67. The van der Waals surface area contributed by atoms with Crippen LogP contribution in [0.2, 0.25) is 0 Å². The fourth-order valence-electron chi connectivity index (χ4n) is 2.19. The van der Waals surface area contributed by atoms with Gasteiger partial charge in [0.2, 0.25) is 0 Å². The number of aromatic nitrogens is 4. The van der Waals surface area contributed by atoms with Crippen LogP contribution < -0.4 is 5.32 Å². The molecule has 1 aromatic rings. The van der Waals surface area contributed by atoms with Gasteiger partial charge in [-0.25, -0.2) is 0 Å². The van der Waals surface area contributed by atoms with Crippen LogP contribution in [0.25, 0.3) is 0 Å². The lowest BCUT2D eigenvalue weighted by molar-refractivity contribution is 0.345. The normalized spacial score (nSPS) is 25.9. The lowest BCUT2D eigenvalue weighted by atomic mass is 9.89. The van der Waals surface area contributed by atoms with Crippen LogP contribution in [-0.4, -0.2) is 32.1 Å². The topological polar surface area (TPSA) is 55.6 Å². The summed E-state index contributed by atoms with van der Waals surface area (Å²) in [5, 5.41) is 15.6. The quantitative estimate of drug-likeness (QED) is 0.805. The Morgan fingerprint density at radius 3 is 3.06 bits per heavy atom. The standard InChI is InChI=1S/C10H18ClN5/c1-16-14-10(13-15-16)7-12-6-8-3-2-4-9(11)5-8/h8-9,12H,2-7H2,1H3. The van der Waals surface area contributed by atoms with Crippen molar-refractivity contribution in [2.45, 2.75) is 37.6 Å².